The van der Waals surface area contributed by atoms with Gasteiger partial charge in [-0.1, -0.05) is 13.8 Å². The summed E-state index contributed by atoms with van der Waals surface area (Å²) in [5.74, 6) is 1.03. The molecule has 78 valence electrons. The highest BCUT2D eigenvalue weighted by Crippen LogP contribution is 2.18. The SMILES string of the molecule is CC(C)C(O)CNc1ncccc1Br. The van der Waals surface area contributed by atoms with Gasteiger partial charge >= 0.3 is 0 Å². The summed E-state index contributed by atoms with van der Waals surface area (Å²) >= 11 is 3.38. The van der Waals surface area contributed by atoms with Crippen molar-refractivity contribution >= 4 is 21.7 Å². The second-order valence-corrected chi connectivity index (χ2v) is 4.38. The van der Waals surface area contributed by atoms with Crippen molar-refractivity contribution in [3.63, 3.8) is 0 Å². The number of aliphatic hydroxyl groups excluding tert-OH is 1. The van der Waals surface area contributed by atoms with E-state index in [1.54, 1.807) is 6.20 Å². The average molecular weight is 259 g/mol. The Kier molecular flexibility index (Phi) is 4.35. The largest absolute Gasteiger partial charge is 0.391 e. The van der Waals surface area contributed by atoms with E-state index in [0.717, 1.165) is 10.3 Å². The molecule has 0 bridgehead atoms. The summed E-state index contributed by atoms with van der Waals surface area (Å²) < 4.78 is 0.913. The lowest BCUT2D eigenvalue weighted by Crippen LogP contribution is -2.25. The van der Waals surface area contributed by atoms with Crippen LogP contribution in [0.4, 0.5) is 5.82 Å². The van der Waals surface area contributed by atoms with Gasteiger partial charge in [0.2, 0.25) is 0 Å². The molecule has 1 heterocycles. The second kappa shape index (κ2) is 5.32. The number of hydrogen-bond donors (Lipinski definition) is 2. The molecule has 0 aliphatic heterocycles. The minimum absolute atomic E-state index is 0.255. The first-order valence-electron chi connectivity index (χ1n) is 4.63. The van der Waals surface area contributed by atoms with Crippen LogP contribution in [0.5, 0.6) is 0 Å². The molecule has 0 radical (unpaired) electrons. The number of rotatable bonds is 4. The monoisotopic (exact) mass is 258 g/mol. The Morgan fingerprint density at radius 2 is 2.29 bits per heavy atom. The zero-order valence-electron chi connectivity index (χ0n) is 8.37. The van der Waals surface area contributed by atoms with Gasteiger partial charge in [-0.15, -0.1) is 0 Å². The van der Waals surface area contributed by atoms with Gasteiger partial charge in [0.25, 0.3) is 0 Å². The van der Waals surface area contributed by atoms with Crippen molar-refractivity contribution in [1.29, 1.82) is 0 Å². The molecule has 1 aromatic rings. The van der Waals surface area contributed by atoms with E-state index < -0.39 is 0 Å². The fourth-order valence-corrected chi connectivity index (χ4v) is 1.35. The molecule has 2 N–H and O–H groups in total. The lowest BCUT2D eigenvalue weighted by molar-refractivity contribution is 0.138. The van der Waals surface area contributed by atoms with E-state index in [0.29, 0.717) is 6.54 Å². The van der Waals surface area contributed by atoms with Crippen LogP contribution in [0.1, 0.15) is 13.8 Å². The third-order valence-corrected chi connectivity index (χ3v) is 2.65. The van der Waals surface area contributed by atoms with Crippen LogP contribution in [0.25, 0.3) is 0 Å². The molecule has 1 aromatic heterocycles. The van der Waals surface area contributed by atoms with Crippen molar-refractivity contribution < 1.29 is 5.11 Å². The van der Waals surface area contributed by atoms with E-state index in [-0.39, 0.29) is 12.0 Å². The van der Waals surface area contributed by atoms with Gasteiger partial charge in [-0.05, 0) is 34.0 Å². The molecule has 0 saturated heterocycles. The Morgan fingerprint density at radius 3 is 2.86 bits per heavy atom. The minimum Gasteiger partial charge on any atom is -0.391 e. The molecular weight excluding hydrogens is 244 g/mol. The van der Waals surface area contributed by atoms with Crippen LogP contribution in [0, 0.1) is 5.92 Å². The second-order valence-electron chi connectivity index (χ2n) is 3.53. The highest BCUT2D eigenvalue weighted by molar-refractivity contribution is 9.10. The molecule has 1 atom stereocenters. The van der Waals surface area contributed by atoms with Gasteiger partial charge in [0.05, 0.1) is 10.6 Å². The summed E-state index contributed by atoms with van der Waals surface area (Å²) in [5, 5.41) is 12.7. The van der Waals surface area contributed by atoms with Gasteiger partial charge in [-0.25, -0.2) is 4.98 Å². The number of hydrogen-bond acceptors (Lipinski definition) is 3. The van der Waals surface area contributed by atoms with Gasteiger partial charge in [0, 0.05) is 12.7 Å². The first-order valence-corrected chi connectivity index (χ1v) is 5.43. The number of halogens is 1. The lowest BCUT2D eigenvalue weighted by atomic mass is 10.1. The van der Waals surface area contributed by atoms with Crippen molar-refractivity contribution in [1.82, 2.24) is 4.98 Å². The van der Waals surface area contributed by atoms with Crippen LogP contribution in [-0.4, -0.2) is 22.7 Å². The summed E-state index contributed by atoms with van der Waals surface area (Å²) in [6, 6.07) is 3.77. The predicted molar refractivity (Wildman–Crippen MR) is 61.3 cm³/mol. The number of aliphatic hydroxyl groups is 1. The summed E-state index contributed by atoms with van der Waals surface area (Å²) in [7, 11) is 0. The summed E-state index contributed by atoms with van der Waals surface area (Å²) in [6.45, 7) is 4.49. The average Bonchev–Trinajstić information content (AvgIpc) is 2.16. The molecule has 1 rings (SSSR count). The van der Waals surface area contributed by atoms with Gasteiger partial charge in [-0.2, -0.15) is 0 Å². The highest BCUT2D eigenvalue weighted by Gasteiger charge is 2.09. The van der Waals surface area contributed by atoms with E-state index in [1.165, 1.54) is 0 Å². The maximum Gasteiger partial charge on any atom is 0.140 e. The first kappa shape index (κ1) is 11.5. The molecule has 0 aliphatic rings. The van der Waals surface area contributed by atoms with Gasteiger partial charge in [-0.3, -0.25) is 0 Å². The summed E-state index contributed by atoms with van der Waals surface area (Å²) in [6.07, 6.45) is 1.37. The Labute approximate surface area is 92.7 Å². The number of anilines is 1. The summed E-state index contributed by atoms with van der Waals surface area (Å²) in [4.78, 5) is 4.14. The molecule has 0 aromatic carbocycles. The summed E-state index contributed by atoms with van der Waals surface area (Å²) in [5.41, 5.74) is 0. The van der Waals surface area contributed by atoms with Crippen LogP contribution >= 0.6 is 15.9 Å². The van der Waals surface area contributed by atoms with Crippen LogP contribution in [0.2, 0.25) is 0 Å². The maximum atomic E-state index is 9.57. The van der Waals surface area contributed by atoms with Crippen LogP contribution in [0.3, 0.4) is 0 Å². The van der Waals surface area contributed by atoms with Crippen molar-refractivity contribution in [2.24, 2.45) is 5.92 Å². The lowest BCUT2D eigenvalue weighted by Gasteiger charge is -2.15. The normalized spacial score (nSPS) is 12.9. The highest BCUT2D eigenvalue weighted by atomic mass is 79.9. The Morgan fingerprint density at radius 1 is 1.57 bits per heavy atom. The smallest absolute Gasteiger partial charge is 0.140 e. The molecule has 1 unspecified atom stereocenters. The number of pyridine rings is 1. The molecule has 0 saturated carbocycles. The number of nitrogens with one attached hydrogen (secondary N) is 1. The zero-order valence-corrected chi connectivity index (χ0v) is 9.95. The fraction of sp³-hybridized carbons (Fsp3) is 0.500. The molecule has 4 heteroatoms. The van der Waals surface area contributed by atoms with Gasteiger partial charge in [0.15, 0.2) is 0 Å². The van der Waals surface area contributed by atoms with Crippen molar-refractivity contribution in [3.8, 4) is 0 Å². The predicted octanol–water partition coefficient (Wildman–Crippen LogP) is 2.27. The molecule has 0 spiro atoms. The number of aromatic nitrogens is 1. The van der Waals surface area contributed by atoms with Crippen molar-refractivity contribution in [2.45, 2.75) is 20.0 Å². The molecule has 0 amide bonds. The van der Waals surface area contributed by atoms with Gasteiger partial charge in [0.1, 0.15) is 5.82 Å². The van der Waals surface area contributed by atoms with E-state index >= 15 is 0 Å². The number of nitrogens with zero attached hydrogens (tertiary/aromatic N) is 1. The van der Waals surface area contributed by atoms with Crippen LogP contribution in [-0.2, 0) is 0 Å². The molecule has 3 nitrogen and oxygen atoms in total. The third-order valence-electron chi connectivity index (χ3n) is 2.01. The minimum atomic E-state index is -0.344. The molecule has 0 aliphatic carbocycles. The zero-order chi connectivity index (χ0) is 10.6. The van der Waals surface area contributed by atoms with Crippen LogP contribution in [0.15, 0.2) is 22.8 Å². The van der Waals surface area contributed by atoms with Crippen LogP contribution < -0.4 is 5.32 Å². The quantitative estimate of drug-likeness (QED) is 0.871. The Hall–Kier alpha value is -0.610. The van der Waals surface area contributed by atoms with Crippen molar-refractivity contribution in [3.05, 3.63) is 22.8 Å². The third kappa shape index (κ3) is 3.27. The van der Waals surface area contributed by atoms with E-state index in [2.05, 4.69) is 26.2 Å². The van der Waals surface area contributed by atoms with E-state index in [4.69, 9.17) is 0 Å². The maximum absolute atomic E-state index is 9.57. The first-order chi connectivity index (χ1) is 6.61. The topological polar surface area (TPSA) is 45.1 Å². The van der Waals surface area contributed by atoms with Crippen molar-refractivity contribution in [2.75, 3.05) is 11.9 Å². The Balaban J connectivity index is 2.50. The van der Waals surface area contributed by atoms with E-state index in [9.17, 15) is 5.11 Å². The standard InChI is InChI=1S/C10H15BrN2O/c1-7(2)9(14)6-13-10-8(11)4-3-5-12-10/h3-5,7,9,14H,6H2,1-2H3,(H,12,13). The fourth-order valence-electron chi connectivity index (χ4n) is 0.953. The molecule has 0 fully saturated rings. The van der Waals surface area contributed by atoms with Gasteiger partial charge < -0.3 is 10.4 Å². The van der Waals surface area contributed by atoms with E-state index in [1.807, 2.05) is 26.0 Å². The molecule has 14 heavy (non-hydrogen) atoms. The Bertz CT molecular complexity index is 291. The molecular formula is C10H15BrN2O.